The number of carbonyl (C=O) groups excluding carboxylic acids is 2. The topological polar surface area (TPSA) is 46.6 Å². The van der Waals surface area contributed by atoms with E-state index in [0.29, 0.717) is 6.42 Å². The van der Waals surface area contributed by atoms with Gasteiger partial charge in [0, 0.05) is 29.9 Å². The Kier molecular flexibility index (Phi) is 5.68. The lowest BCUT2D eigenvalue weighted by Crippen LogP contribution is -2.25. The van der Waals surface area contributed by atoms with Gasteiger partial charge in [-0.3, -0.25) is 9.59 Å². The van der Waals surface area contributed by atoms with Crippen molar-refractivity contribution in [2.75, 3.05) is 18.6 Å². The van der Waals surface area contributed by atoms with E-state index in [4.69, 9.17) is 4.74 Å². The number of para-hydroxylation sites is 1. The predicted octanol–water partition coefficient (Wildman–Crippen LogP) is 4.60. The Morgan fingerprint density at radius 2 is 1.71 bits per heavy atom. The number of ether oxygens (including phenoxy) is 1. The number of hydrogen-bond acceptors (Lipinski definition) is 4. The second kappa shape index (κ2) is 8.01. The lowest BCUT2D eigenvalue weighted by molar-refractivity contribution is -0.148. The minimum absolute atomic E-state index is 0.209. The van der Waals surface area contributed by atoms with Crippen molar-refractivity contribution >= 4 is 17.4 Å². The van der Waals surface area contributed by atoms with Gasteiger partial charge in [-0.2, -0.15) is 0 Å². The molecule has 2 aromatic rings. The molecule has 0 spiro atoms. The van der Waals surface area contributed by atoms with Crippen molar-refractivity contribution < 1.29 is 14.3 Å². The van der Waals surface area contributed by atoms with Crippen LogP contribution in [0, 0.1) is 0 Å². The Labute approximate surface area is 166 Å². The number of hydrogen-bond donors (Lipinski definition) is 0. The zero-order valence-electron chi connectivity index (χ0n) is 16.9. The maximum atomic E-state index is 12.6. The number of likely N-dealkylation sites (N-methyl/N-ethyl adjacent to an activating group) is 1. The smallest absolute Gasteiger partial charge is 0.313 e. The van der Waals surface area contributed by atoms with Crippen molar-refractivity contribution in [3.8, 4) is 0 Å². The second-order valence-corrected chi connectivity index (χ2v) is 7.68. The SMILES string of the molecule is CC[C@@H](C(=O)OCC(=O)/C=C1/N(C)c2ccccc2C1(C)C)c1ccccc1. The molecule has 0 fully saturated rings. The second-order valence-electron chi connectivity index (χ2n) is 7.68. The number of rotatable bonds is 6. The highest BCUT2D eigenvalue weighted by molar-refractivity contribution is 5.94. The van der Waals surface area contributed by atoms with E-state index in [1.165, 1.54) is 5.56 Å². The molecule has 0 radical (unpaired) electrons. The Morgan fingerprint density at radius 1 is 1.07 bits per heavy atom. The van der Waals surface area contributed by atoms with Crippen LogP contribution in [0.3, 0.4) is 0 Å². The summed E-state index contributed by atoms with van der Waals surface area (Å²) in [5.41, 5.74) is 3.82. The van der Waals surface area contributed by atoms with Crippen molar-refractivity contribution in [1.29, 1.82) is 0 Å². The summed E-state index contributed by atoms with van der Waals surface area (Å²) in [6, 6.07) is 17.7. The summed E-state index contributed by atoms with van der Waals surface area (Å²) in [6.07, 6.45) is 2.24. The maximum absolute atomic E-state index is 12.6. The van der Waals surface area contributed by atoms with Gasteiger partial charge < -0.3 is 9.64 Å². The van der Waals surface area contributed by atoms with Crippen molar-refractivity contribution in [3.05, 3.63) is 77.5 Å². The Morgan fingerprint density at radius 3 is 2.36 bits per heavy atom. The molecular weight excluding hydrogens is 350 g/mol. The van der Waals surface area contributed by atoms with Gasteiger partial charge in [0.05, 0.1) is 5.92 Å². The number of allylic oxidation sites excluding steroid dienone is 1. The van der Waals surface area contributed by atoms with Gasteiger partial charge in [0.25, 0.3) is 0 Å². The third-order valence-electron chi connectivity index (χ3n) is 5.49. The molecule has 1 aliphatic heterocycles. The molecular formula is C24H27NO3. The number of carbonyl (C=O) groups is 2. The van der Waals surface area contributed by atoms with Crippen molar-refractivity contribution in [1.82, 2.24) is 0 Å². The van der Waals surface area contributed by atoms with E-state index in [9.17, 15) is 9.59 Å². The van der Waals surface area contributed by atoms with Crippen LogP contribution in [0.25, 0.3) is 0 Å². The molecule has 146 valence electrons. The van der Waals surface area contributed by atoms with Gasteiger partial charge >= 0.3 is 5.97 Å². The predicted molar refractivity (Wildman–Crippen MR) is 111 cm³/mol. The van der Waals surface area contributed by atoms with E-state index in [0.717, 1.165) is 16.9 Å². The van der Waals surface area contributed by atoms with Crippen molar-refractivity contribution in [2.45, 2.75) is 38.5 Å². The molecule has 1 atom stereocenters. The zero-order valence-corrected chi connectivity index (χ0v) is 16.9. The molecule has 0 saturated carbocycles. The number of ketones is 1. The average Bonchev–Trinajstić information content (AvgIpc) is 2.89. The van der Waals surface area contributed by atoms with Gasteiger partial charge in [-0.25, -0.2) is 0 Å². The van der Waals surface area contributed by atoms with E-state index in [1.807, 2.05) is 67.4 Å². The first-order chi connectivity index (χ1) is 13.4. The highest BCUT2D eigenvalue weighted by Gasteiger charge is 2.38. The van der Waals surface area contributed by atoms with Gasteiger partial charge in [0.2, 0.25) is 0 Å². The molecule has 1 heterocycles. The van der Waals surface area contributed by atoms with Gasteiger partial charge in [-0.1, -0.05) is 69.3 Å². The zero-order chi connectivity index (χ0) is 20.3. The molecule has 0 unspecified atom stereocenters. The van der Waals surface area contributed by atoms with Crippen molar-refractivity contribution in [3.63, 3.8) is 0 Å². The molecule has 28 heavy (non-hydrogen) atoms. The number of anilines is 1. The summed E-state index contributed by atoms with van der Waals surface area (Å²) in [7, 11) is 1.96. The quantitative estimate of drug-likeness (QED) is 0.545. The van der Waals surface area contributed by atoms with Crippen molar-refractivity contribution in [2.24, 2.45) is 0 Å². The summed E-state index contributed by atoms with van der Waals surface area (Å²) in [5.74, 6) is -0.918. The molecule has 0 N–H and O–H groups in total. The third kappa shape index (κ3) is 3.72. The number of esters is 1. The molecule has 0 amide bonds. The molecule has 2 aromatic carbocycles. The molecule has 0 bridgehead atoms. The first-order valence-electron chi connectivity index (χ1n) is 9.66. The van der Waals surface area contributed by atoms with Gasteiger partial charge in [-0.05, 0) is 23.6 Å². The van der Waals surface area contributed by atoms with Gasteiger partial charge in [0.1, 0.15) is 0 Å². The largest absolute Gasteiger partial charge is 0.457 e. The molecule has 4 heteroatoms. The molecule has 0 aromatic heterocycles. The monoisotopic (exact) mass is 377 g/mol. The van der Waals surface area contributed by atoms with Crippen LogP contribution in [0.5, 0.6) is 0 Å². The van der Waals surface area contributed by atoms with Gasteiger partial charge in [-0.15, -0.1) is 0 Å². The molecule has 4 nitrogen and oxygen atoms in total. The van der Waals surface area contributed by atoms with E-state index >= 15 is 0 Å². The van der Waals surface area contributed by atoms with E-state index in [1.54, 1.807) is 6.08 Å². The van der Waals surface area contributed by atoms with Crippen LogP contribution >= 0.6 is 0 Å². The van der Waals surface area contributed by atoms with Crippen LogP contribution in [0.2, 0.25) is 0 Å². The number of nitrogens with zero attached hydrogens (tertiary/aromatic N) is 1. The summed E-state index contributed by atoms with van der Waals surface area (Å²) in [6.45, 7) is 5.90. The van der Waals surface area contributed by atoms with Crippen LogP contribution < -0.4 is 4.90 Å². The first kappa shape index (κ1) is 19.9. The lowest BCUT2D eigenvalue weighted by Gasteiger charge is -2.24. The summed E-state index contributed by atoms with van der Waals surface area (Å²) in [4.78, 5) is 27.1. The molecule has 1 aliphatic rings. The standard InChI is InChI=1S/C24H27NO3/c1-5-19(17-11-7-6-8-12-17)23(27)28-16-18(26)15-22-24(2,3)20-13-9-10-14-21(20)25(22)4/h6-15,19H,5,16H2,1-4H3/b22-15+/t19-/m1/s1. The lowest BCUT2D eigenvalue weighted by atomic mass is 9.83. The third-order valence-corrected chi connectivity index (χ3v) is 5.49. The van der Waals surface area contributed by atoms with E-state index < -0.39 is 0 Å². The number of benzene rings is 2. The Bertz CT molecular complexity index is 899. The van der Waals surface area contributed by atoms with Crippen LogP contribution in [0.1, 0.15) is 44.2 Å². The van der Waals surface area contributed by atoms with Gasteiger partial charge in [0.15, 0.2) is 12.4 Å². The summed E-state index contributed by atoms with van der Waals surface area (Å²) >= 11 is 0. The first-order valence-corrected chi connectivity index (χ1v) is 9.66. The van der Waals surface area contributed by atoms with E-state index in [-0.39, 0.29) is 29.7 Å². The Balaban J connectivity index is 1.70. The fourth-order valence-corrected chi connectivity index (χ4v) is 3.92. The molecule has 0 saturated heterocycles. The number of fused-ring (bicyclic) bond motifs is 1. The maximum Gasteiger partial charge on any atom is 0.313 e. The highest BCUT2D eigenvalue weighted by atomic mass is 16.5. The fourth-order valence-electron chi connectivity index (χ4n) is 3.92. The molecule has 3 rings (SSSR count). The summed E-state index contributed by atoms with van der Waals surface area (Å²) in [5, 5.41) is 0. The average molecular weight is 377 g/mol. The van der Waals surface area contributed by atoms with Crippen LogP contribution in [0.4, 0.5) is 5.69 Å². The summed E-state index contributed by atoms with van der Waals surface area (Å²) < 4.78 is 5.35. The highest BCUT2D eigenvalue weighted by Crippen LogP contribution is 2.46. The minimum Gasteiger partial charge on any atom is -0.457 e. The fraction of sp³-hybridized carbons (Fsp3) is 0.333. The molecule has 0 aliphatic carbocycles. The minimum atomic E-state index is -0.359. The van der Waals surface area contributed by atoms with E-state index in [2.05, 4.69) is 19.9 Å². The van der Waals surface area contributed by atoms with Crippen LogP contribution in [-0.2, 0) is 19.7 Å². The van der Waals surface area contributed by atoms with Crippen LogP contribution in [0.15, 0.2) is 66.4 Å². The Hall–Kier alpha value is -2.88. The van der Waals surface area contributed by atoms with Crippen LogP contribution in [-0.4, -0.2) is 25.4 Å². The normalized spacial score (nSPS) is 17.3.